The molecule has 0 spiro atoms. The predicted molar refractivity (Wildman–Crippen MR) is 96.0 cm³/mol. The second-order valence-corrected chi connectivity index (χ2v) is 7.02. The van der Waals surface area contributed by atoms with E-state index < -0.39 is 18.0 Å². The van der Waals surface area contributed by atoms with Gasteiger partial charge in [0.1, 0.15) is 11.9 Å². The number of nitrogens with zero attached hydrogens (tertiary/aromatic N) is 1. The number of nitrogens with one attached hydrogen (secondary N) is 1. The van der Waals surface area contributed by atoms with Crippen molar-refractivity contribution in [1.82, 2.24) is 5.32 Å². The van der Waals surface area contributed by atoms with Crippen molar-refractivity contribution in [2.75, 3.05) is 18.0 Å². The third-order valence-electron chi connectivity index (χ3n) is 3.94. The highest BCUT2D eigenvalue weighted by atomic mass is 32.1. The molecule has 2 amide bonds. The Labute approximate surface area is 153 Å². The van der Waals surface area contributed by atoms with Gasteiger partial charge in [-0.3, -0.25) is 14.5 Å². The fraction of sp³-hybridized carbons (Fsp3) is 0.278. The van der Waals surface area contributed by atoms with Crippen LogP contribution in [0.3, 0.4) is 0 Å². The number of halogens is 1. The van der Waals surface area contributed by atoms with Crippen molar-refractivity contribution in [3.8, 4) is 10.4 Å². The minimum atomic E-state index is -0.581. The van der Waals surface area contributed by atoms with E-state index in [0.717, 1.165) is 0 Å². The summed E-state index contributed by atoms with van der Waals surface area (Å²) in [7, 11) is 0. The van der Waals surface area contributed by atoms with Crippen LogP contribution in [-0.4, -0.2) is 37.0 Å². The third kappa shape index (κ3) is 3.75. The maximum atomic E-state index is 14.6. The van der Waals surface area contributed by atoms with Gasteiger partial charge < -0.3 is 10.1 Å². The summed E-state index contributed by atoms with van der Waals surface area (Å²) in [5.41, 5.74) is 0.749. The van der Waals surface area contributed by atoms with Gasteiger partial charge in [0.05, 0.1) is 23.7 Å². The number of Topliss-reactive ketones (excluding diaryl/α,β-unsaturated/α-hetero) is 1. The number of hydrogen-bond donors (Lipinski definition) is 1. The molecule has 6 nitrogen and oxygen atoms in total. The Balaban J connectivity index is 1.77. The van der Waals surface area contributed by atoms with Gasteiger partial charge in [0.2, 0.25) is 5.91 Å². The first kappa shape index (κ1) is 18.1. The fourth-order valence-corrected chi connectivity index (χ4v) is 3.57. The molecule has 1 aromatic heterocycles. The molecule has 0 aliphatic carbocycles. The van der Waals surface area contributed by atoms with E-state index in [1.54, 1.807) is 24.3 Å². The first-order valence-electron chi connectivity index (χ1n) is 7.98. The molecule has 3 rings (SSSR count). The van der Waals surface area contributed by atoms with Gasteiger partial charge in [-0.15, -0.1) is 11.3 Å². The number of thiophene rings is 1. The highest BCUT2D eigenvalue weighted by molar-refractivity contribution is 7.17. The van der Waals surface area contributed by atoms with Crippen LogP contribution >= 0.6 is 11.3 Å². The highest BCUT2D eigenvalue weighted by Crippen LogP contribution is 2.33. The zero-order valence-corrected chi connectivity index (χ0v) is 15.1. The lowest BCUT2D eigenvalue weighted by Gasteiger charge is -2.14. The standard InChI is InChI=1S/C18H17FN2O4S/c1-10(22)16-5-6-17(26-16)14-4-3-12(7-15(14)19)21-9-13(25-18(21)24)8-20-11(2)23/h3-7,13H,8-9H2,1-2H3,(H,20,23)/t13-/m0/s1. The van der Waals surface area contributed by atoms with Gasteiger partial charge in [-0.25, -0.2) is 9.18 Å². The van der Waals surface area contributed by atoms with Gasteiger partial charge in [-0.05, 0) is 37.3 Å². The molecule has 1 N–H and O–H groups in total. The fourth-order valence-electron chi connectivity index (χ4n) is 2.64. The van der Waals surface area contributed by atoms with Crippen LogP contribution in [0.5, 0.6) is 0 Å². The zero-order chi connectivity index (χ0) is 18.8. The van der Waals surface area contributed by atoms with Crippen molar-refractivity contribution in [2.45, 2.75) is 20.0 Å². The number of anilines is 1. The molecule has 1 saturated heterocycles. The Hall–Kier alpha value is -2.74. The minimum Gasteiger partial charge on any atom is -0.442 e. The number of benzene rings is 1. The van der Waals surface area contributed by atoms with Crippen LogP contribution in [0, 0.1) is 5.82 Å². The number of rotatable bonds is 5. The van der Waals surface area contributed by atoms with E-state index in [-0.39, 0.29) is 24.8 Å². The molecule has 0 saturated carbocycles. The normalized spacial score (nSPS) is 16.5. The largest absolute Gasteiger partial charge is 0.442 e. The van der Waals surface area contributed by atoms with E-state index in [2.05, 4.69) is 5.32 Å². The molecule has 8 heteroatoms. The molecule has 2 aromatic rings. The average molecular weight is 376 g/mol. The molecule has 1 fully saturated rings. The summed E-state index contributed by atoms with van der Waals surface area (Å²) >= 11 is 1.22. The number of ether oxygens (including phenoxy) is 1. The first-order valence-corrected chi connectivity index (χ1v) is 8.80. The molecule has 2 heterocycles. The molecule has 1 atom stereocenters. The minimum absolute atomic E-state index is 0.0664. The van der Waals surface area contributed by atoms with Crippen LogP contribution in [0.25, 0.3) is 10.4 Å². The topological polar surface area (TPSA) is 75.7 Å². The van der Waals surface area contributed by atoms with Crippen molar-refractivity contribution < 1.29 is 23.5 Å². The van der Waals surface area contributed by atoms with Crippen molar-refractivity contribution >= 4 is 34.8 Å². The summed E-state index contributed by atoms with van der Waals surface area (Å²) in [5.74, 6) is -0.767. The quantitative estimate of drug-likeness (QED) is 0.813. The smallest absolute Gasteiger partial charge is 0.414 e. The Kier molecular flexibility index (Phi) is 5.03. The number of carbonyl (C=O) groups is 3. The van der Waals surface area contributed by atoms with E-state index >= 15 is 0 Å². The van der Waals surface area contributed by atoms with E-state index in [1.165, 1.54) is 36.2 Å². The van der Waals surface area contributed by atoms with Crippen LogP contribution < -0.4 is 10.2 Å². The maximum absolute atomic E-state index is 14.6. The van der Waals surface area contributed by atoms with Crippen LogP contribution in [0.1, 0.15) is 23.5 Å². The van der Waals surface area contributed by atoms with Crippen LogP contribution in [0.2, 0.25) is 0 Å². The van der Waals surface area contributed by atoms with Gasteiger partial charge >= 0.3 is 6.09 Å². The summed E-state index contributed by atoms with van der Waals surface area (Å²) in [6, 6.07) is 7.85. The lowest BCUT2D eigenvalue weighted by molar-refractivity contribution is -0.119. The third-order valence-corrected chi connectivity index (χ3v) is 5.15. The Bertz CT molecular complexity index is 880. The van der Waals surface area contributed by atoms with Gasteiger partial charge in [0, 0.05) is 17.4 Å². The van der Waals surface area contributed by atoms with Crippen molar-refractivity contribution in [3.63, 3.8) is 0 Å². The number of carbonyl (C=O) groups excluding carboxylic acids is 3. The van der Waals surface area contributed by atoms with Crippen LogP contribution in [0.4, 0.5) is 14.9 Å². The molecule has 1 aromatic carbocycles. The SMILES string of the molecule is CC(=O)NC[C@H]1CN(c2ccc(-c3ccc(C(C)=O)s3)c(F)c2)C(=O)O1. The molecule has 136 valence electrons. The summed E-state index contributed by atoms with van der Waals surface area (Å²) < 4.78 is 19.7. The van der Waals surface area contributed by atoms with Gasteiger partial charge in [0.25, 0.3) is 0 Å². The van der Waals surface area contributed by atoms with Crippen molar-refractivity contribution in [2.24, 2.45) is 0 Å². The van der Waals surface area contributed by atoms with E-state index in [4.69, 9.17) is 4.74 Å². The number of cyclic esters (lactones) is 1. The molecule has 26 heavy (non-hydrogen) atoms. The summed E-state index contributed by atoms with van der Waals surface area (Å²) in [5, 5.41) is 2.59. The monoisotopic (exact) mass is 376 g/mol. The Morgan fingerprint density at radius 3 is 2.69 bits per heavy atom. The predicted octanol–water partition coefficient (Wildman–Crippen LogP) is 3.22. The van der Waals surface area contributed by atoms with Crippen molar-refractivity contribution in [3.05, 3.63) is 41.0 Å². The summed E-state index contributed by atoms with van der Waals surface area (Å²) in [4.78, 5) is 36.9. The van der Waals surface area contributed by atoms with Gasteiger partial charge in [-0.2, -0.15) is 0 Å². The Morgan fingerprint density at radius 2 is 2.08 bits per heavy atom. The molecule has 0 unspecified atom stereocenters. The molecule has 1 aliphatic heterocycles. The van der Waals surface area contributed by atoms with Gasteiger partial charge in [-0.1, -0.05) is 0 Å². The summed E-state index contributed by atoms with van der Waals surface area (Å²) in [6.07, 6.45) is -1.06. The number of hydrogen-bond acceptors (Lipinski definition) is 5. The van der Waals surface area contributed by atoms with Gasteiger partial charge in [0.15, 0.2) is 5.78 Å². The Morgan fingerprint density at radius 1 is 1.31 bits per heavy atom. The summed E-state index contributed by atoms with van der Waals surface area (Å²) in [6.45, 7) is 3.28. The second kappa shape index (κ2) is 7.25. The number of amides is 2. The van der Waals surface area contributed by atoms with Crippen molar-refractivity contribution in [1.29, 1.82) is 0 Å². The molecular formula is C18H17FN2O4S. The number of ketones is 1. The lowest BCUT2D eigenvalue weighted by atomic mass is 10.1. The van der Waals surface area contributed by atoms with Crippen LogP contribution in [0.15, 0.2) is 30.3 Å². The first-order chi connectivity index (χ1) is 12.3. The molecule has 0 radical (unpaired) electrons. The second-order valence-electron chi connectivity index (χ2n) is 5.94. The van der Waals surface area contributed by atoms with E-state index in [9.17, 15) is 18.8 Å². The average Bonchev–Trinajstić information content (AvgIpc) is 3.20. The molecular weight excluding hydrogens is 359 g/mol. The van der Waals surface area contributed by atoms with E-state index in [0.29, 0.717) is 21.0 Å². The molecule has 0 bridgehead atoms. The zero-order valence-electron chi connectivity index (χ0n) is 14.2. The van der Waals surface area contributed by atoms with Crippen LogP contribution in [-0.2, 0) is 9.53 Å². The molecule has 1 aliphatic rings. The maximum Gasteiger partial charge on any atom is 0.414 e. The lowest BCUT2D eigenvalue weighted by Crippen LogP contribution is -2.33. The highest BCUT2D eigenvalue weighted by Gasteiger charge is 2.32. The van der Waals surface area contributed by atoms with E-state index in [1.807, 2.05) is 0 Å².